The van der Waals surface area contributed by atoms with Crippen LogP contribution in [-0.2, 0) is 14.3 Å². The van der Waals surface area contributed by atoms with Gasteiger partial charge < -0.3 is 20.3 Å². The van der Waals surface area contributed by atoms with E-state index in [4.69, 9.17) is 4.74 Å². The molecular formula is C88H171NO5. The molecule has 6 heteroatoms. The van der Waals surface area contributed by atoms with E-state index in [0.29, 0.717) is 19.4 Å². The van der Waals surface area contributed by atoms with Gasteiger partial charge in [0.15, 0.2) is 0 Å². The van der Waals surface area contributed by atoms with Gasteiger partial charge in [-0.1, -0.05) is 456 Å². The molecule has 0 aromatic heterocycles. The number of rotatable bonds is 83. The molecule has 6 nitrogen and oxygen atoms in total. The Morgan fingerprint density at radius 1 is 0.287 bits per heavy atom. The highest BCUT2D eigenvalue weighted by atomic mass is 16.5. The molecule has 0 aliphatic carbocycles. The van der Waals surface area contributed by atoms with E-state index in [1.807, 2.05) is 6.08 Å². The summed E-state index contributed by atoms with van der Waals surface area (Å²) in [4.78, 5) is 24.7. The molecule has 0 heterocycles. The fraction of sp³-hybridized carbons (Fsp3) is 0.932. The second-order valence-corrected chi connectivity index (χ2v) is 30.2. The Hall–Kier alpha value is -1.66. The molecule has 94 heavy (non-hydrogen) atoms. The van der Waals surface area contributed by atoms with Crippen molar-refractivity contribution in [3.8, 4) is 0 Å². The molecule has 2 unspecified atom stereocenters. The van der Waals surface area contributed by atoms with E-state index in [1.54, 1.807) is 6.08 Å². The molecule has 0 saturated carbocycles. The first-order valence-electron chi connectivity index (χ1n) is 43.6. The van der Waals surface area contributed by atoms with Gasteiger partial charge in [-0.15, -0.1) is 0 Å². The average Bonchev–Trinajstić information content (AvgIpc) is 3.63. The van der Waals surface area contributed by atoms with Crippen LogP contribution in [0.2, 0.25) is 0 Å². The zero-order valence-corrected chi connectivity index (χ0v) is 64.2. The maximum atomic E-state index is 12.6. The van der Waals surface area contributed by atoms with Crippen LogP contribution in [0, 0.1) is 0 Å². The quantitative estimate of drug-likeness (QED) is 0.0320. The SMILES string of the molecule is CCCCCCCCCCCCCCCCCCCCCCCC/C=C/C(O)C(CO)NC(=O)CCCCCCCCCCCCCCCCCCC/C=C\CCCCCCCCCCCCCCCCOC(=O)CCCCCCCCCCCCCCCCCCCC. The van der Waals surface area contributed by atoms with Crippen molar-refractivity contribution in [2.24, 2.45) is 0 Å². The number of carbonyl (C=O) groups is 2. The van der Waals surface area contributed by atoms with Crippen LogP contribution in [0.25, 0.3) is 0 Å². The number of hydrogen-bond donors (Lipinski definition) is 3. The minimum absolute atomic E-state index is 0.0257. The number of hydrogen-bond acceptors (Lipinski definition) is 5. The maximum Gasteiger partial charge on any atom is 0.305 e. The maximum absolute atomic E-state index is 12.6. The summed E-state index contributed by atoms with van der Waals surface area (Å²) < 4.78 is 5.52. The molecule has 0 aliphatic rings. The summed E-state index contributed by atoms with van der Waals surface area (Å²) in [6.07, 6.45) is 109. The lowest BCUT2D eigenvalue weighted by molar-refractivity contribution is -0.143. The van der Waals surface area contributed by atoms with Crippen LogP contribution in [0.3, 0.4) is 0 Å². The first-order chi connectivity index (χ1) is 46.5. The van der Waals surface area contributed by atoms with Crippen molar-refractivity contribution >= 4 is 11.9 Å². The van der Waals surface area contributed by atoms with E-state index >= 15 is 0 Å². The molecule has 0 bridgehead atoms. The largest absolute Gasteiger partial charge is 0.466 e. The minimum Gasteiger partial charge on any atom is -0.466 e. The first kappa shape index (κ1) is 92.3. The van der Waals surface area contributed by atoms with Crippen molar-refractivity contribution in [1.82, 2.24) is 5.32 Å². The summed E-state index contributed by atoms with van der Waals surface area (Å²) >= 11 is 0. The third-order valence-electron chi connectivity index (χ3n) is 20.7. The fourth-order valence-electron chi connectivity index (χ4n) is 14.1. The lowest BCUT2D eigenvalue weighted by Gasteiger charge is -2.20. The Balaban J connectivity index is 3.35. The average molecular weight is 1320 g/mol. The number of esters is 1. The number of nitrogens with one attached hydrogen (secondary N) is 1. The van der Waals surface area contributed by atoms with Gasteiger partial charge in [0.2, 0.25) is 5.91 Å². The van der Waals surface area contributed by atoms with Gasteiger partial charge in [0.05, 0.1) is 25.4 Å². The molecule has 0 aromatic rings. The monoisotopic (exact) mass is 1320 g/mol. The lowest BCUT2D eigenvalue weighted by atomic mass is 10.0. The smallest absolute Gasteiger partial charge is 0.305 e. The minimum atomic E-state index is -0.844. The van der Waals surface area contributed by atoms with Gasteiger partial charge in [0, 0.05) is 12.8 Å². The van der Waals surface area contributed by atoms with Gasteiger partial charge >= 0.3 is 5.97 Å². The van der Waals surface area contributed by atoms with Crippen LogP contribution in [0.15, 0.2) is 24.3 Å². The zero-order chi connectivity index (χ0) is 67.7. The first-order valence-corrected chi connectivity index (χ1v) is 43.6. The molecule has 0 saturated heterocycles. The van der Waals surface area contributed by atoms with Crippen molar-refractivity contribution in [1.29, 1.82) is 0 Å². The summed E-state index contributed by atoms with van der Waals surface area (Å²) in [5.41, 5.74) is 0. The van der Waals surface area contributed by atoms with Crippen molar-refractivity contribution in [3.05, 3.63) is 24.3 Å². The molecule has 0 fully saturated rings. The normalized spacial score (nSPS) is 12.5. The summed E-state index contributed by atoms with van der Waals surface area (Å²) in [5, 5.41) is 23.3. The zero-order valence-electron chi connectivity index (χ0n) is 64.2. The highest BCUT2D eigenvalue weighted by Gasteiger charge is 2.18. The molecule has 0 spiro atoms. The highest BCUT2D eigenvalue weighted by Crippen LogP contribution is 2.21. The molecule has 1 amide bonds. The Bertz CT molecular complexity index is 1480. The number of ether oxygens (including phenoxy) is 1. The van der Waals surface area contributed by atoms with Crippen molar-refractivity contribution < 1.29 is 24.5 Å². The second kappa shape index (κ2) is 83.8. The molecule has 0 rings (SSSR count). The van der Waals surface area contributed by atoms with Crippen molar-refractivity contribution in [2.75, 3.05) is 13.2 Å². The van der Waals surface area contributed by atoms with Crippen molar-refractivity contribution in [3.63, 3.8) is 0 Å². The predicted octanol–water partition coefficient (Wildman–Crippen LogP) is 29.2. The van der Waals surface area contributed by atoms with Crippen LogP contribution in [0.4, 0.5) is 0 Å². The van der Waals surface area contributed by atoms with Crippen LogP contribution in [-0.4, -0.2) is 47.4 Å². The number of aliphatic hydroxyl groups is 2. The van der Waals surface area contributed by atoms with E-state index in [0.717, 1.165) is 38.5 Å². The summed E-state index contributed by atoms with van der Waals surface area (Å²) in [6.45, 7) is 4.97. The number of allylic oxidation sites excluding steroid dienone is 3. The van der Waals surface area contributed by atoms with E-state index < -0.39 is 12.1 Å². The predicted molar refractivity (Wildman–Crippen MR) is 417 cm³/mol. The van der Waals surface area contributed by atoms with Gasteiger partial charge in [0.25, 0.3) is 0 Å². The summed E-state index contributed by atoms with van der Waals surface area (Å²) in [5.74, 6) is -0.0329. The van der Waals surface area contributed by atoms with E-state index in [-0.39, 0.29) is 18.5 Å². The van der Waals surface area contributed by atoms with Crippen LogP contribution in [0.5, 0.6) is 0 Å². The summed E-state index contributed by atoms with van der Waals surface area (Å²) in [7, 11) is 0. The third kappa shape index (κ3) is 79.3. The van der Waals surface area contributed by atoms with Crippen LogP contribution < -0.4 is 5.32 Å². The molecule has 2 atom stereocenters. The standard InChI is InChI=1S/C88H171NO5/c1-3-5-7-9-11-13-15-17-19-21-23-24-25-39-42-45-48-52-56-60-64-68-72-76-80-86(91)85(84-90)89-87(92)81-77-73-69-65-61-57-53-49-46-43-40-37-35-33-31-29-27-26-28-30-32-34-36-38-41-44-47-51-55-59-63-67-71-75-79-83-94-88(93)82-78-74-70-66-62-58-54-50-22-20-18-16-14-12-10-8-6-4-2/h28,30,76,80,85-86,90-91H,3-27,29,31-75,77-79,81-84H2,1-2H3,(H,89,92)/b30-28-,80-76+. The Kier molecular flexibility index (Phi) is 82.3. The number of aliphatic hydroxyl groups excluding tert-OH is 2. The number of unbranched alkanes of at least 4 members (excludes halogenated alkanes) is 70. The molecule has 0 radical (unpaired) electrons. The Morgan fingerprint density at radius 3 is 0.755 bits per heavy atom. The lowest BCUT2D eigenvalue weighted by Crippen LogP contribution is -2.45. The Labute approximate surface area is 590 Å². The van der Waals surface area contributed by atoms with Gasteiger partial charge in [-0.3, -0.25) is 9.59 Å². The molecule has 0 aliphatic heterocycles. The molecular weight excluding hydrogens is 1150 g/mol. The van der Waals surface area contributed by atoms with Gasteiger partial charge in [-0.05, 0) is 57.8 Å². The second-order valence-electron chi connectivity index (χ2n) is 30.2. The van der Waals surface area contributed by atoms with Crippen LogP contribution in [0.1, 0.15) is 502 Å². The van der Waals surface area contributed by atoms with E-state index in [2.05, 4.69) is 31.3 Å². The Morgan fingerprint density at radius 2 is 0.500 bits per heavy atom. The van der Waals surface area contributed by atoms with Gasteiger partial charge in [-0.2, -0.15) is 0 Å². The summed E-state index contributed by atoms with van der Waals surface area (Å²) in [6, 6.07) is -0.627. The number of amides is 1. The fourth-order valence-corrected chi connectivity index (χ4v) is 14.1. The molecule has 3 N–H and O–H groups in total. The van der Waals surface area contributed by atoms with E-state index in [1.165, 1.54) is 437 Å². The highest BCUT2D eigenvalue weighted by molar-refractivity contribution is 5.76. The molecule has 0 aromatic carbocycles. The number of carbonyl (C=O) groups excluding carboxylic acids is 2. The van der Waals surface area contributed by atoms with Crippen LogP contribution >= 0.6 is 0 Å². The third-order valence-corrected chi connectivity index (χ3v) is 20.7. The molecule has 558 valence electrons. The van der Waals surface area contributed by atoms with Crippen molar-refractivity contribution in [2.45, 2.75) is 514 Å². The van der Waals surface area contributed by atoms with E-state index in [9.17, 15) is 19.8 Å². The topological polar surface area (TPSA) is 95.9 Å². The van der Waals surface area contributed by atoms with Gasteiger partial charge in [0.1, 0.15) is 0 Å². The van der Waals surface area contributed by atoms with Gasteiger partial charge in [-0.25, -0.2) is 0 Å².